The van der Waals surface area contributed by atoms with E-state index in [0.717, 1.165) is 38.1 Å². The van der Waals surface area contributed by atoms with Crippen LogP contribution in [0.4, 0.5) is 0 Å². The molecule has 0 aliphatic carbocycles. The zero-order valence-electron chi connectivity index (χ0n) is 19.0. The molecule has 0 aromatic heterocycles. The van der Waals surface area contributed by atoms with Crippen molar-refractivity contribution in [1.29, 1.82) is 0 Å². The summed E-state index contributed by atoms with van der Waals surface area (Å²) in [5, 5.41) is 4.46. The summed E-state index contributed by atoms with van der Waals surface area (Å²) in [7, 11) is 0. The number of nitrogens with zero attached hydrogens (tertiary/aromatic N) is 2. The third-order valence-corrected chi connectivity index (χ3v) is 4.65. The van der Waals surface area contributed by atoms with Crippen LogP contribution in [0.1, 0.15) is 52.4 Å². The van der Waals surface area contributed by atoms with E-state index in [1.54, 1.807) is 0 Å². The Morgan fingerprint density at radius 2 is 1.43 bits per heavy atom. The maximum Gasteiger partial charge on any atom is 0.223 e. The second-order valence-electron chi connectivity index (χ2n) is 7.66. The average molecular weight is 429 g/mol. The van der Waals surface area contributed by atoms with Crippen molar-refractivity contribution in [2.75, 3.05) is 65.9 Å². The SMILES string of the molecule is CC(C)C(=O)CCOCCOCCOCCOCCC1=N[N+](CCCCCCN)=C1. The highest BCUT2D eigenvalue weighted by atomic mass is 16.6. The third kappa shape index (κ3) is 14.7. The van der Waals surface area contributed by atoms with Gasteiger partial charge in [-0.3, -0.25) is 4.79 Å². The first-order chi connectivity index (χ1) is 14.6. The van der Waals surface area contributed by atoms with Gasteiger partial charge in [-0.2, -0.15) is 0 Å². The molecule has 0 fully saturated rings. The van der Waals surface area contributed by atoms with Crippen LogP contribution in [0.3, 0.4) is 0 Å². The van der Waals surface area contributed by atoms with Crippen LogP contribution in [-0.2, 0) is 23.7 Å². The largest absolute Gasteiger partial charge is 0.379 e. The van der Waals surface area contributed by atoms with Crippen LogP contribution in [0.5, 0.6) is 0 Å². The van der Waals surface area contributed by atoms with Crippen LogP contribution in [0.15, 0.2) is 5.10 Å². The minimum Gasteiger partial charge on any atom is -0.379 e. The van der Waals surface area contributed by atoms with Gasteiger partial charge in [0, 0.05) is 30.3 Å². The van der Waals surface area contributed by atoms with Crippen molar-refractivity contribution >= 4 is 17.7 Å². The van der Waals surface area contributed by atoms with E-state index >= 15 is 0 Å². The summed E-state index contributed by atoms with van der Waals surface area (Å²) < 4.78 is 23.8. The van der Waals surface area contributed by atoms with Gasteiger partial charge >= 0.3 is 0 Å². The lowest BCUT2D eigenvalue weighted by Crippen LogP contribution is -2.26. The molecule has 0 saturated carbocycles. The third-order valence-electron chi connectivity index (χ3n) is 4.65. The smallest absolute Gasteiger partial charge is 0.223 e. The molecule has 8 nitrogen and oxygen atoms in total. The van der Waals surface area contributed by atoms with Crippen molar-refractivity contribution in [3.05, 3.63) is 0 Å². The molecule has 0 radical (unpaired) electrons. The van der Waals surface area contributed by atoms with Gasteiger partial charge in [0.1, 0.15) is 5.78 Å². The van der Waals surface area contributed by atoms with Crippen molar-refractivity contribution in [2.24, 2.45) is 16.8 Å². The zero-order valence-corrected chi connectivity index (χ0v) is 19.0. The summed E-state index contributed by atoms with van der Waals surface area (Å²) in [5.74, 6) is 0.311. The number of Topliss-reactive ketones (excluding diaryl/α,β-unsaturated/α-hetero) is 1. The number of rotatable bonds is 22. The van der Waals surface area contributed by atoms with Gasteiger partial charge in [-0.25, -0.2) is 0 Å². The lowest BCUT2D eigenvalue weighted by Gasteiger charge is -2.09. The summed E-state index contributed by atoms with van der Waals surface area (Å²) in [6, 6.07) is 0. The van der Waals surface area contributed by atoms with E-state index in [2.05, 4.69) is 11.3 Å². The zero-order chi connectivity index (χ0) is 21.9. The molecular formula is C22H42N3O5+. The molecule has 0 atom stereocenters. The maximum absolute atomic E-state index is 11.4. The molecule has 1 aliphatic heterocycles. The minimum absolute atomic E-state index is 0.0772. The number of hydrogen-bond donors (Lipinski definition) is 1. The quantitative estimate of drug-likeness (QED) is 0.209. The second kappa shape index (κ2) is 18.6. The van der Waals surface area contributed by atoms with Crippen LogP contribution in [0, 0.1) is 5.92 Å². The van der Waals surface area contributed by atoms with E-state index in [-0.39, 0.29) is 11.7 Å². The summed E-state index contributed by atoms with van der Waals surface area (Å²) >= 11 is 0. The average Bonchev–Trinajstić information content (AvgIpc) is 2.70. The monoisotopic (exact) mass is 428 g/mol. The second-order valence-corrected chi connectivity index (χ2v) is 7.66. The van der Waals surface area contributed by atoms with Crippen molar-refractivity contribution in [3.8, 4) is 0 Å². The molecular weight excluding hydrogens is 386 g/mol. The molecule has 0 aromatic carbocycles. The van der Waals surface area contributed by atoms with E-state index in [1.165, 1.54) is 12.8 Å². The number of carbonyl (C=O) groups is 1. The number of unbranched alkanes of at least 4 members (excludes halogenated alkanes) is 3. The van der Waals surface area contributed by atoms with Crippen LogP contribution >= 0.6 is 0 Å². The Kier molecular flexibility index (Phi) is 16.6. The summed E-state index contributed by atoms with van der Waals surface area (Å²) in [6.45, 7) is 9.93. The summed E-state index contributed by atoms with van der Waals surface area (Å²) in [5.41, 5.74) is 6.59. The molecule has 0 spiro atoms. The first-order valence-electron chi connectivity index (χ1n) is 11.4. The molecule has 0 amide bonds. The highest BCUT2D eigenvalue weighted by molar-refractivity contribution is 6.30. The van der Waals surface area contributed by atoms with Gasteiger partial charge < -0.3 is 24.7 Å². The van der Waals surface area contributed by atoms with Crippen molar-refractivity contribution in [3.63, 3.8) is 0 Å². The topological polar surface area (TPSA) is 95.4 Å². The Morgan fingerprint density at radius 3 is 2.00 bits per heavy atom. The van der Waals surface area contributed by atoms with E-state index in [0.29, 0.717) is 59.3 Å². The Morgan fingerprint density at radius 1 is 0.900 bits per heavy atom. The molecule has 8 heteroatoms. The van der Waals surface area contributed by atoms with Gasteiger partial charge in [-0.1, -0.05) is 25.0 Å². The highest BCUT2D eigenvalue weighted by Gasteiger charge is 2.18. The number of hydrazone groups is 1. The summed E-state index contributed by atoms with van der Waals surface area (Å²) in [4.78, 5) is 11.4. The van der Waals surface area contributed by atoms with Gasteiger partial charge in [-0.05, 0) is 19.4 Å². The number of ether oxygens (including phenoxy) is 4. The van der Waals surface area contributed by atoms with Crippen molar-refractivity contribution in [2.45, 2.75) is 52.4 Å². The summed E-state index contributed by atoms with van der Waals surface area (Å²) in [6.07, 6.45) is 8.12. The molecule has 0 saturated heterocycles. The first-order valence-corrected chi connectivity index (χ1v) is 11.4. The lowest BCUT2D eigenvalue weighted by atomic mass is 10.1. The molecule has 1 heterocycles. The molecule has 1 rings (SSSR count). The molecule has 0 bridgehead atoms. The highest BCUT2D eigenvalue weighted by Crippen LogP contribution is 2.03. The van der Waals surface area contributed by atoms with Crippen LogP contribution in [-0.4, -0.2) is 88.3 Å². The van der Waals surface area contributed by atoms with E-state index in [1.807, 2.05) is 18.5 Å². The Bertz CT molecular complexity index is 509. The molecule has 1 aliphatic rings. The Balaban J connectivity index is 1.75. The molecule has 174 valence electrons. The van der Waals surface area contributed by atoms with Crippen LogP contribution in [0.25, 0.3) is 0 Å². The Hall–Kier alpha value is -1.19. The molecule has 0 aromatic rings. The van der Waals surface area contributed by atoms with Gasteiger partial charge in [-0.15, -0.1) is 0 Å². The van der Waals surface area contributed by atoms with E-state index in [4.69, 9.17) is 24.7 Å². The van der Waals surface area contributed by atoms with Gasteiger partial charge in [0.2, 0.25) is 6.21 Å². The van der Waals surface area contributed by atoms with Gasteiger partial charge in [0.15, 0.2) is 12.3 Å². The fourth-order valence-electron chi connectivity index (χ4n) is 2.74. The van der Waals surface area contributed by atoms with E-state index in [9.17, 15) is 4.79 Å². The number of carbonyl (C=O) groups excluding carboxylic acids is 1. The van der Waals surface area contributed by atoms with Gasteiger partial charge in [0.05, 0.1) is 52.9 Å². The van der Waals surface area contributed by atoms with Crippen molar-refractivity contribution in [1.82, 2.24) is 0 Å². The number of ketones is 1. The standard InChI is InChI=1S/C22H42N3O5/c1-20(2)22(26)8-12-28-14-16-30-18-17-29-15-13-27-11-7-21-19-25(24-21)10-6-4-3-5-9-23/h19-20H,3-18,23H2,1-2H3/q+1. The number of hydrogen-bond acceptors (Lipinski definition) is 7. The molecule has 30 heavy (non-hydrogen) atoms. The normalized spacial score (nSPS) is 13.3. The predicted molar refractivity (Wildman–Crippen MR) is 119 cm³/mol. The Labute approximate surface area is 181 Å². The minimum atomic E-state index is 0.0772. The molecule has 2 N–H and O–H groups in total. The van der Waals surface area contributed by atoms with E-state index < -0.39 is 0 Å². The predicted octanol–water partition coefficient (Wildman–Crippen LogP) is 2.03. The maximum atomic E-state index is 11.4. The number of nitrogens with two attached hydrogens (primary N) is 1. The van der Waals surface area contributed by atoms with Crippen LogP contribution in [0.2, 0.25) is 0 Å². The fourth-order valence-corrected chi connectivity index (χ4v) is 2.74. The first kappa shape index (κ1) is 26.8. The van der Waals surface area contributed by atoms with Gasteiger partial charge in [0.25, 0.3) is 0 Å². The molecule has 0 unspecified atom stereocenters. The fraction of sp³-hybridized carbons (Fsp3) is 0.864. The van der Waals surface area contributed by atoms with Crippen molar-refractivity contribution < 1.29 is 28.4 Å². The lowest BCUT2D eigenvalue weighted by molar-refractivity contribution is -0.537. The van der Waals surface area contributed by atoms with Crippen LogP contribution < -0.4 is 5.73 Å².